The van der Waals surface area contributed by atoms with Crippen molar-refractivity contribution in [2.45, 2.75) is 0 Å². The van der Waals surface area contributed by atoms with Crippen LogP contribution in [0.3, 0.4) is 0 Å². The van der Waals surface area contributed by atoms with E-state index in [2.05, 4.69) is 0 Å². The summed E-state index contributed by atoms with van der Waals surface area (Å²) in [5.74, 6) is 0. The normalized spacial score (nSPS) is 11.9. The predicted molar refractivity (Wildman–Crippen MR) is 63.4 cm³/mol. The van der Waals surface area contributed by atoms with Gasteiger partial charge in [-0.2, -0.15) is 0 Å². The zero-order valence-electron chi connectivity index (χ0n) is 9.88. The number of hydrogen-bond acceptors (Lipinski definition) is 7. The van der Waals surface area contributed by atoms with Crippen LogP contribution in [0.5, 0.6) is 0 Å². The van der Waals surface area contributed by atoms with Gasteiger partial charge in [-0.05, 0) is 0 Å². The molecule has 0 aromatic carbocycles. The molecule has 0 heterocycles. The number of nitrogens with two attached hydrogens (primary N) is 3. The van der Waals surface area contributed by atoms with Crippen LogP contribution >= 0.6 is 7.75 Å². The molecule has 0 amide bonds. The average Bonchev–Trinajstić information content (AvgIpc) is 2.28. The van der Waals surface area contributed by atoms with Crippen molar-refractivity contribution < 1.29 is 23.1 Å². The van der Waals surface area contributed by atoms with E-state index in [0.717, 1.165) is 0 Å². The van der Waals surface area contributed by atoms with Crippen LogP contribution in [-0.4, -0.2) is 52.7 Å². The fraction of sp³-hybridized carbons (Fsp3) is 1.00. The molecule has 0 saturated heterocycles. The van der Waals surface area contributed by atoms with E-state index in [9.17, 15) is 4.57 Å². The van der Waals surface area contributed by atoms with E-state index in [-0.39, 0.29) is 26.4 Å². The Morgan fingerprint density at radius 3 is 1.53 bits per heavy atom. The summed E-state index contributed by atoms with van der Waals surface area (Å²) in [6.45, 7) is 2.42. The van der Waals surface area contributed by atoms with E-state index in [1.54, 1.807) is 0 Å². The summed E-state index contributed by atoms with van der Waals surface area (Å²) in [4.78, 5) is 0. The topological polar surface area (TPSA) is 132 Å². The lowest BCUT2D eigenvalue weighted by Gasteiger charge is -2.13. The molecule has 17 heavy (non-hydrogen) atoms. The van der Waals surface area contributed by atoms with Gasteiger partial charge < -0.3 is 20.9 Å². The van der Waals surface area contributed by atoms with E-state index >= 15 is 0 Å². The summed E-state index contributed by atoms with van der Waals surface area (Å²) in [6, 6.07) is 0. The molecule has 0 saturated carbocycles. The maximum atomic E-state index is 11.5. The Bertz CT molecular complexity index is 201. The minimum Gasteiger partial charge on any atom is -0.378 e. The molecule has 0 unspecified atom stereocenters. The van der Waals surface area contributed by atoms with Crippen molar-refractivity contribution in [1.82, 2.24) is 0 Å². The van der Waals surface area contributed by atoms with Crippen LogP contribution in [0, 0.1) is 0 Å². The molecule has 0 atom stereocenters. The summed E-state index contributed by atoms with van der Waals surface area (Å²) < 4.78 is 31.2. The van der Waals surface area contributed by atoms with Crippen molar-refractivity contribution in [2.24, 2.45) is 17.0 Å². The van der Waals surface area contributed by atoms with E-state index < -0.39 is 7.75 Å². The molecule has 0 rings (SSSR count). The highest BCUT2D eigenvalue weighted by Gasteiger charge is 2.17. The molecule has 104 valence electrons. The van der Waals surface area contributed by atoms with Crippen LogP contribution in [-0.2, 0) is 23.1 Å². The number of hydrogen-bond donors (Lipinski definition) is 3. The van der Waals surface area contributed by atoms with E-state index in [0.29, 0.717) is 26.3 Å². The highest BCUT2D eigenvalue weighted by atomic mass is 31.2. The molecule has 0 aliphatic heterocycles. The van der Waals surface area contributed by atoms with Gasteiger partial charge in [-0.3, -0.25) is 9.05 Å². The van der Waals surface area contributed by atoms with Crippen LogP contribution in [0.15, 0.2) is 0 Å². The highest BCUT2D eigenvalue weighted by Crippen LogP contribution is 2.38. The molecule has 0 spiro atoms. The van der Waals surface area contributed by atoms with Gasteiger partial charge >= 0.3 is 7.75 Å². The lowest BCUT2D eigenvalue weighted by atomic mass is 10.7. The smallest absolute Gasteiger partial charge is 0.378 e. The standard InChI is InChI=1S/C8H22N3O5P/c9-1-3-13-5-7-15-17(11,12)16-8-6-14-4-2-10/h1-10H2,(H2,11,12). The quantitative estimate of drug-likeness (QED) is 0.305. The first-order chi connectivity index (χ1) is 8.12. The van der Waals surface area contributed by atoms with E-state index in [1.165, 1.54) is 0 Å². The lowest BCUT2D eigenvalue weighted by Crippen LogP contribution is -2.15. The summed E-state index contributed by atoms with van der Waals surface area (Å²) in [7, 11) is -3.51. The number of ether oxygens (including phenoxy) is 2. The molecule has 0 aromatic heterocycles. The monoisotopic (exact) mass is 271 g/mol. The molecule has 6 N–H and O–H groups in total. The second kappa shape index (κ2) is 11.1. The molecule has 0 radical (unpaired) electrons. The highest BCUT2D eigenvalue weighted by molar-refractivity contribution is 7.51. The van der Waals surface area contributed by atoms with Crippen molar-refractivity contribution in [3.05, 3.63) is 0 Å². The third-order valence-electron chi connectivity index (χ3n) is 1.52. The second-order valence-corrected chi connectivity index (χ2v) is 4.60. The van der Waals surface area contributed by atoms with Gasteiger partial charge in [0.2, 0.25) is 0 Å². The summed E-state index contributed by atoms with van der Waals surface area (Å²) in [6.07, 6.45) is 0. The molecule has 9 heteroatoms. The zero-order chi connectivity index (χ0) is 13.0. The van der Waals surface area contributed by atoms with Crippen molar-refractivity contribution in [3.8, 4) is 0 Å². The Balaban J connectivity index is 3.42. The Morgan fingerprint density at radius 1 is 0.765 bits per heavy atom. The first kappa shape index (κ1) is 16.9. The minimum absolute atomic E-state index is 0.0947. The fourth-order valence-electron chi connectivity index (χ4n) is 0.855. The third kappa shape index (κ3) is 12.2. The van der Waals surface area contributed by atoms with Crippen molar-refractivity contribution >= 4 is 7.75 Å². The second-order valence-electron chi connectivity index (χ2n) is 3.01. The molecule has 0 bridgehead atoms. The van der Waals surface area contributed by atoms with Crippen molar-refractivity contribution in [3.63, 3.8) is 0 Å². The lowest BCUT2D eigenvalue weighted by molar-refractivity contribution is 0.0782. The van der Waals surface area contributed by atoms with Gasteiger partial charge in [-0.1, -0.05) is 0 Å². The Morgan fingerprint density at radius 2 is 1.18 bits per heavy atom. The first-order valence-corrected chi connectivity index (χ1v) is 6.97. The number of rotatable bonds is 12. The molecule has 0 aliphatic rings. The van der Waals surface area contributed by atoms with Crippen LogP contribution in [0.25, 0.3) is 0 Å². The SMILES string of the molecule is NCCOCCOP(N)(=O)OCCOCCN. The van der Waals surface area contributed by atoms with E-state index in [1.807, 2.05) is 0 Å². The molecular weight excluding hydrogens is 249 g/mol. The fourth-order valence-corrected chi connectivity index (χ4v) is 1.59. The summed E-state index contributed by atoms with van der Waals surface area (Å²) in [5.41, 5.74) is 15.7. The Kier molecular flexibility index (Phi) is 11.0. The summed E-state index contributed by atoms with van der Waals surface area (Å²) >= 11 is 0. The van der Waals surface area contributed by atoms with Gasteiger partial charge in [-0.15, -0.1) is 0 Å². The summed E-state index contributed by atoms with van der Waals surface area (Å²) in [5, 5.41) is 0. The van der Waals surface area contributed by atoms with Crippen LogP contribution in [0.1, 0.15) is 0 Å². The van der Waals surface area contributed by atoms with Crippen molar-refractivity contribution in [2.75, 3.05) is 52.7 Å². The minimum atomic E-state index is -3.51. The van der Waals surface area contributed by atoms with Gasteiger partial charge in [0.25, 0.3) is 0 Å². The Hall–Kier alpha value is -0.0500. The predicted octanol–water partition coefficient (Wildman–Crippen LogP) is -0.963. The molecule has 0 fully saturated rings. The van der Waals surface area contributed by atoms with Gasteiger partial charge in [0.15, 0.2) is 0 Å². The largest absolute Gasteiger partial charge is 0.403 e. The van der Waals surface area contributed by atoms with E-state index in [4.69, 9.17) is 35.5 Å². The van der Waals surface area contributed by atoms with Crippen LogP contribution < -0.4 is 17.0 Å². The van der Waals surface area contributed by atoms with Gasteiger partial charge in [-0.25, -0.2) is 10.1 Å². The molecule has 0 aromatic rings. The third-order valence-corrected chi connectivity index (χ3v) is 2.61. The molecule has 8 nitrogen and oxygen atoms in total. The maximum absolute atomic E-state index is 11.5. The maximum Gasteiger partial charge on any atom is 0.403 e. The molecular formula is C8H22N3O5P. The van der Waals surface area contributed by atoms with Crippen LogP contribution in [0.4, 0.5) is 0 Å². The average molecular weight is 271 g/mol. The Labute approximate surface area is 101 Å². The first-order valence-electron chi connectivity index (χ1n) is 5.35. The van der Waals surface area contributed by atoms with Crippen LogP contribution in [0.2, 0.25) is 0 Å². The van der Waals surface area contributed by atoms with Gasteiger partial charge in [0.05, 0.1) is 39.6 Å². The van der Waals surface area contributed by atoms with Crippen molar-refractivity contribution in [1.29, 1.82) is 0 Å². The molecule has 0 aliphatic carbocycles. The van der Waals surface area contributed by atoms with Gasteiger partial charge in [0.1, 0.15) is 0 Å². The zero-order valence-corrected chi connectivity index (χ0v) is 10.8. The van der Waals surface area contributed by atoms with Gasteiger partial charge in [0, 0.05) is 13.1 Å².